The molecule has 1 aromatic carbocycles. The number of nitrogens with zero attached hydrogens (tertiary/aromatic N) is 4. The number of sulfonamides is 1. The van der Waals surface area contributed by atoms with Gasteiger partial charge in [-0.15, -0.1) is 0 Å². The smallest absolute Gasteiger partial charge is 0.255 e. The Hall–Kier alpha value is -2.96. The van der Waals surface area contributed by atoms with Crippen LogP contribution in [0.5, 0.6) is 11.5 Å². The third-order valence-electron chi connectivity index (χ3n) is 7.46. The molecule has 5 rings (SSSR count). The minimum absolute atomic E-state index is 0.0594. The molecule has 2 N–H and O–H groups in total. The van der Waals surface area contributed by atoms with Crippen molar-refractivity contribution < 1.29 is 22.7 Å². The van der Waals surface area contributed by atoms with Crippen molar-refractivity contribution in [1.82, 2.24) is 24.9 Å². The fourth-order valence-electron chi connectivity index (χ4n) is 5.41. The molecular weight excluding hydrogens is 508 g/mol. The van der Waals surface area contributed by atoms with Crippen molar-refractivity contribution in [2.75, 3.05) is 63.1 Å². The summed E-state index contributed by atoms with van der Waals surface area (Å²) in [5.74, 6) is 1.81. The highest BCUT2D eigenvalue weighted by Crippen LogP contribution is 2.34. The van der Waals surface area contributed by atoms with Crippen LogP contribution >= 0.6 is 0 Å². The van der Waals surface area contributed by atoms with E-state index >= 15 is 0 Å². The summed E-state index contributed by atoms with van der Waals surface area (Å²) in [5.41, 5.74) is 0.453. The van der Waals surface area contributed by atoms with Gasteiger partial charge in [-0.1, -0.05) is 6.07 Å². The molecule has 0 spiro atoms. The summed E-state index contributed by atoms with van der Waals surface area (Å²) < 4.78 is 39.2. The molecule has 0 radical (unpaired) electrons. The minimum atomic E-state index is -3.40. The van der Waals surface area contributed by atoms with E-state index in [0.717, 1.165) is 25.9 Å². The van der Waals surface area contributed by atoms with Crippen LogP contribution in [0.3, 0.4) is 0 Å². The van der Waals surface area contributed by atoms with E-state index in [1.165, 1.54) is 0 Å². The van der Waals surface area contributed by atoms with Gasteiger partial charge in [-0.25, -0.2) is 18.4 Å². The lowest BCUT2D eigenvalue weighted by atomic mass is 9.87. The molecule has 4 heterocycles. The first-order valence-electron chi connectivity index (χ1n) is 13.4. The van der Waals surface area contributed by atoms with Crippen LogP contribution in [0.2, 0.25) is 0 Å². The quantitative estimate of drug-likeness (QED) is 0.480. The number of rotatable bonds is 9. The first kappa shape index (κ1) is 26.6. The molecule has 2 fully saturated rings. The second-order valence-corrected chi connectivity index (χ2v) is 12.0. The van der Waals surface area contributed by atoms with Crippen LogP contribution in [0.1, 0.15) is 36.0 Å². The molecule has 3 aliphatic rings. The minimum Gasteiger partial charge on any atom is -0.486 e. The Balaban J connectivity index is 1.18. The van der Waals surface area contributed by atoms with E-state index in [1.807, 2.05) is 4.90 Å². The van der Waals surface area contributed by atoms with Crippen LogP contribution < -0.4 is 25.0 Å². The van der Waals surface area contributed by atoms with E-state index in [-0.39, 0.29) is 23.6 Å². The van der Waals surface area contributed by atoms with Crippen molar-refractivity contribution >= 4 is 21.9 Å². The highest BCUT2D eigenvalue weighted by molar-refractivity contribution is 7.89. The molecule has 12 heteroatoms. The van der Waals surface area contributed by atoms with E-state index in [0.29, 0.717) is 75.2 Å². The Morgan fingerprint density at radius 3 is 2.55 bits per heavy atom. The summed E-state index contributed by atoms with van der Waals surface area (Å²) in [6.07, 6.45) is 6.33. The van der Waals surface area contributed by atoms with Crippen LogP contribution in [-0.4, -0.2) is 92.9 Å². The number of ether oxygens (including phenoxy) is 2. The number of piperazine rings is 1. The number of benzene rings is 1. The van der Waals surface area contributed by atoms with E-state index in [9.17, 15) is 13.2 Å². The zero-order chi connectivity index (χ0) is 26.4. The maximum Gasteiger partial charge on any atom is 0.255 e. The average molecular weight is 545 g/mol. The van der Waals surface area contributed by atoms with Crippen LogP contribution in [-0.2, 0) is 10.0 Å². The monoisotopic (exact) mass is 544 g/mol. The lowest BCUT2D eigenvalue weighted by molar-refractivity contribution is 0.0900. The molecule has 3 aliphatic heterocycles. The van der Waals surface area contributed by atoms with Crippen LogP contribution in [0.15, 0.2) is 36.7 Å². The van der Waals surface area contributed by atoms with Gasteiger partial charge < -0.3 is 25.0 Å². The summed E-state index contributed by atoms with van der Waals surface area (Å²) in [6.45, 7) is 4.59. The molecule has 0 aliphatic carbocycles. The number of para-hydroxylation sites is 1. The Bertz CT molecular complexity index is 1180. The predicted molar refractivity (Wildman–Crippen MR) is 143 cm³/mol. The second-order valence-electron chi connectivity index (χ2n) is 9.89. The zero-order valence-electron chi connectivity index (χ0n) is 21.5. The van der Waals surface area contributed by atoms with Gasteiger partial charge >= 0.3 is 0 Å². The Morgan fingerprint density at radius 1 is 1.05 bits per heavy atom. The molecule has 0 bridgehead atoms. The number of carbonyl (C=O) groups excluding carboxylic acids is 1. The van der Waals surface area contributed by atoms with Gasteiger partial charge in [0.05, 0.1) is 11.3 Å². The average Bonchev–Trinajstić information content (AvgIpc) is 2.97. The lowest BCUT2D eigenvalue weighted by Gasteiger charge is -2.34. The normalized spacial score (nSPS) is 19.6. The standard InChI is InChI=1S/C26H36N6O5S/c33-25(21-4-1-6-23-24(21)37-18-17-36-23)30-22(20-7-11-27-12-8-20)5-2-19-38(34,35)32-15-13-31(14-16-32)26-28-9-3-10-29-26/h1,3-4,6,9-10,20,22,27H,2,5,7-8,11-19H2,(H,30,33). The molecule has 2 saturated heterocycles. The van der Waals surface area contributed by atoms with Crippen molar-refractivity contribution in [2.45, 2.75) is 31.7 Å². The van der Waals surface area contributed by atoms with Crippen molar-refractivity contribution in [2.24, 2.45) is 5.92 Å². The molecular formula is C26H36N6O5S. The molecule has 1 atom stereocenters. The third kappa shape index (κ3) is 6.36. The Labute approximate surface area is 224 Å². The number of piperidine rings is 1. The summed E-state index contributed by atoms with van der Waals surface area (Å²) in [5, 5.41) is 6.58. The first-order chi connectivity index (χ1) is 18.5. The van der Waals surface area contributed by atoms with Gasteiger partial charge in [-0.05, 0) is 62.9 Å². The zero-order valence-corrected chi connectivity index (χ0v) is 22.4. The molecule has 0 saturated carbocycles. The largest absolute Gasteiger partial charge is 0.486 e. The summed E-state index contributed by atoms with van der Waals surface area (Å²) in [7, 11) is -3.40. The van der Waals surface area contributed by atoms with Crippen molar-refractivity contribution in [3.63, 3.8) is 0 Å². The van der Waals surface area contributed by atoms with E-state index in [2.05, 4.69) is 20.6 Å². The van der Waals surface area contributed by atoms with Gasteiger partial charge in [0, 0.05) is 44.6 Å². The van der Waals surface area contributed by atoms with Crippen LogP contribution in [0.25, 0.3) is 0 Å². The van der Waals surface area contributed by atoms with E-state index in [4.69, 9.17) is 9.47 Å². The van der Waals surface area contributed by atoms with Gasteiger partial charge in [-0.3, -0.25) is 4.79 Å². The topological polar surface area (TPSA) is 126 Å². The predicted octanol–water partition coefficient (Wildman–Crippen LogP) is 1.28. The van der Waals surface area contributed by atoms with Gasteiger partial charge in [-0.2, -0.15) is 4.31 Å². The molecule has 11 nitrogen and oxygen atoms in total. The molecule has 1 amide bonds. The first-order valence-corrected chi connectivity index (χ1v) is 15.0. The van der Waals surface area contributed by atoms with Crippen LogP contribution in [0.4, 0.5) is 5.95 Å². The number of amides is 1. The van der Waals surface area contributed by atoms with Gasteiger partial charge in [0.25, 0.3) is 5.91 Å². The SMILES string of the molecule is O=C(NC(CCCS(=O)(=O)N1CCN(c2ncccn2)CC1)C1CCNCC1)c1cccc2c1OCCO2. The highest BCUT2D eigenvalue weighted by Gasteiger charge is 2.30. The number of anilines is 1. The van der Waals surface area contributed by atoms with Gasteiger partial charge in [0.1, 0.15) is 13.2 Å². The number of carbonyl (C=O) groups is 1. The van der Waals surface area contributed by atoms with Gasteiger partial charge in [0.15, 0.2) is 11.5 Å². The van der Waals surface area contributed by atoms with Crippen molar-refractivity contribution in [3.05, 3.63) is 42.2 Å². The Kier molecular flexibility index (Phi) is 8.60. The maximum absolute atomic E-state index is 13.3. The lowest BCUT2D eigenvalue weighted by Crippen LogP contribution is -2.50. The van der Waals surface area contributed by atoms with Crippen molar-refractivity contribution in [3.8, 4) is 11.5 Å². The number of hydrogen-bond donors (Lipinski definition) is 2. The summed E-state index contributed by atoms with van der Waals surface area (Å²) >= 11 is 0. The van der Waals surface area contributed by atoms with E-state index in [1.54, 1.807) is 41.0 Å². The number of hydrogen-bond acceptors (Lipinski definition) is 9. The molecule has 1 unspecified atom stereocenters. The summed E-state index contributed by atoms with van der Waals surface area (Å²) in [4.78, 5) is 23.9. The second kappa shape index (κ2) is 12.3. The summed E-state index contributed by atoms with van der Waals surface area (Å²) in [6, 6.07) is 6.98. The Morgan fingerprint density at radius 2 is 1.79 bits per heavy atom. The number of aromatic nitrogens is 2. The molecule has 1 aromatic heterocycles. The fourth-order valence-corrected chi connectivity index (χ4v) is 6.92. The van der Waals surface area contributed by atoms with Crippen LogP contribution in [0, 0.1) is 5.92 Å². The van der Waals surface area contributed by atoms with Crippen molar-refractivity contribution in [1.29, 1.82) is 0 Å². The molecule has 206 valence electrons. The van der Waals surface area contributed by atoms with E-state index < -0.39 is 10.0 Å². The highest BCUT2D eigenvalue weighted by atomic mass is 32.2. The molecule has 38 heavy (non-hydrogen) atoms. The fraction of sp³-hybridized carbons (Fsp3) is 0.577. The third-order valence-corrected chi connectivity index (χ3v) is 9.42. The van der Waals surface area contributed by atoms with Gasteiger partial charge in [0.2, 0.25) is 16.0 Å². The maximum atomic E-state index is 13.3. The number of nitrogens with one attached hydrogen (secondary N) is 2. The number of fused-ring (bicyclic) bond motifs is 1. The molecule has 2 aromatic rings.